The molecule has 1 saturated heterocycles. The summed E-state index contributed by atoms with van der Waals surface area (Å²) < 4.78 is 5.39. The Kier molecular flexibility index (Phi) is 2.75. The van der Waals surface area contributed by atoms with Crippen molar-refractivity contribution in [2.45, 2.75) is 33.1 Å². The van der Waals surface area contributed by atoms with Crippen LogP contribution in [0.15, 0.2) is 4.42 Å². The van der Waals surface area contributed by atoms with Crippen LogP contribution in [0.5, 0.6) is 0 Å². The summed E-state index contributed by atoms with van der Waals surface area (Å²) in [5.74, 6) is 1.51. The molecule has 1 aliphatic heterocycles. The van der Waals surface area contributed by atoms with Gasteiger partial charge >= 0.3 is 0 Å². The number of hydrogen-bond acceptors (Lipinski definition) is 3. The van der Waals surface area contributed by atoms with Gasteiger partial charge in [-0.1, -0.05) is 0 Å². The molecule has 0 spiro atoms. The van der Waals surface area contributed by atoms with E-state index >= 15 is 0 Å². The minimum absolute atomic E-state index is 0.159. The van der Waals surface area contributed by atoms with Gasteiger partial charge in [0.05, 0.1) is 12.1 Å². The molecule has 0 atom stereocenters. The molecule has 1 amide bonds. The van der Waals surface area contributed by atoms with E-state index in [1.807, 2.05) is 11.8 Å². The van der Waals surface area contributed by atoms with Gasteiger partial charge in [0.2, 0.25) is 5.91 Å². The Morgan fingerprint density at radius 1 is 1.40 bits per heavy atom. The predicted molar refractivity (Wildman–Crippen MR) is 55.5 cm³/mol. The lowest BCUT2D eigenvalue weighted by Crippen LogP contribution is -2.29. The van der Waals surface area contributed by atoms with Gasteiger partial charge in [-0.2, -0.15) is 0 Å². The van der Waals surface area contributed by atoms with Crippen LogP contribution in [0.4, 0.5) is 0 Å². The third-order valence-corrected chi connectivity index (χ3v) is 2.77. The standard InChI is InChI=1S/C11H16N2O2/c1-8-10(15-9(2)12-8)7-11(14)13-5-3-4-6-13/h3-7H2,1-2H3. The Balaban J connectivity index is 2.01. The van der Waals surface area contributed by atoms with E-state index in [1.165, 1.54) is 0 Å². The van der Waals surface area contributed by atoms with Gasteiger partial charge in [-0.05, 0) is 19.8 Å². The van der Waals surface area contributed by atoms with Crippen LogP contribution in [0.1, 0.15) is 30.2 Å². The molecule has 82 valence electrons. The van der Waals surface area contributed by atoms with Crippen molar-refractivity contribution >= 4 is 5.91 Å². The number of rotatable bonds is 2. The maximum absolute atomic E-state index is 11.8. The minimum atomic E-state index is 0.159. The third kappa shape index (κ3) is 2.19. The quantitative estimate of drug-likeness (QED) is 0.739. The van der Waals surface area contributed by atoms with E-state index in [0.29, 0.717) is 18.1 Å². The average molecular weight is 208 g/mol. The normalized spacial score (nSPS) is 16.0. The van der Waals surface area contributed by atoms with Gasteiger partial charge in [-0.15, -0.1) is 0 Å². The Bertz CT molecular complexity index is 365. The number of carbonyl (C=O) groups is 1. The van der Waals surface area contributed by atoms with Gasteiger partial charge < -0.3 is 9.32 Å². The fourth-order valence-corrected chi connectivity index (χ4v) is 1.95. The molecule has 0 saturated carbocycles. The lowest BCUT2D eigenvalue weighted by Gasteiger charge is -2.13. The van der Waals surface area contributed by atoms with Crippen LogP contribution in [0, 0.1) is 13.8 Å². The van der Waals surface area contributed by atoms with Crippen LogP contribution in [-0.2, 0) is 11.2 Å². The smallest absolute Gasteiger partial charge is 0.230 e. The highest BCUT2D eigenvalue weighted by Gasteiger charge is 2.20. The molecule has 1 aromatic rings. The van der Waals surface area contributed by atoms with Crippen LogP contribution in [0.25, 0.3) is 0 Å². The van der Waals surface area contributed by atoms with E-state index in [4.69, 9.17) is 4.42 Å². The van der Waals surface area contributed by atoms with E-state index < -0.39 is 0 Å². The molecular weight excluding hydrogens is 192 g/mol. The molecular formula is C11H16N2O2. The summed E-state index contributed by atoms with van der Waals surface area (Å²) in [6.45, 7) is 5.47. The van der Waals surface area contributed by atoms with E-state index in [2.05, 4.69) is 4.98 Å². The maximum atomic E-state index is 11.8. The number of oxazole rings is 1. The predicted octanol–water partition coefficient (Wildman–Crippen LogP) is 1.46. The molecule has 0 N–H and O–H groups in total. The lowest BCUT2D eigenvalue weighted by atomic mass is 10.2. The average Bonchev–Trinajstić information content (AvgIpc) is 2.76. The van der Waals surface area contributed by atoms with Crippen molar-refractivity contribution in [3.05, 3.63) is 17.3 Å². The van der Waals surface area contributed by atoms with Crippen LogP contribution >= 0.6 is 0 Å². The Hall–Kier alpha value is -1.32. The molecule has 0 aromatic carbocycles. The van der Waals surface area contributed by atoms with Crippen LogP contribution in [0.2, 0.25) is 0 Å². The van der Waals surface area contributed by atoms with Gasteiger partial charge in [0.15, 0.2) is 5.89 Å². The summed E-state index contributed by atoms with van der Waals surface area (Å²) >= 11 is 0. The topological polar surface area (TPSA) is 46.3 Å². The fraction of sp³-hybridized carbons (Fsp3) is 0.636. The number of carbonyl (C=O) groups excluding carboxylic acids is 1. The molecule has 4 nitrogen and oxygen atoms in total. The van der Waals surface area contributed by atoms with E-state index in [0.717, 1.165) is 31.6 Å². The van der Waals surface area contributed by atoms with Crippen molar-refractivity contribution < 1.29 is 9.21 Å². The first-order valence-corrected chi connectivity index (χ1v) is 5.37. The summed E-state index contributed by atoms with van der Waals surface area (Å²) in [6.07, 6.45) is 2.60. The second-order valence-corrected chi connectivity index (χ2v) is 4.01. The Morgan fingerprint density at radius 2 is 2.07 bits per heavy atom. The third-order valence-electron chi connectivity index (χ3n) is 2.77. The highest BCUT2D eigenvalue weighted by Crippen LogP contribution is 2.14. The molecule has 2 rings (SSSR count). The number of aromatic nitrogens is 1. The lowest BCUT2D eigenvalue weighted by molar-refractivity contribution is -0.129. The maximum Gasteiger partial charge on any atom is 0.230 e. The first-order valence-electron chi connectivity index (χ1n) is 5.37. The molecule has 1 aliphatic rings. The second-order valence-electron chi connectivity index (χ2n) is 4.01. The van der Waals surface area contributed by atoms with E-state index in [1.54, 1.807) is 6.92 Å². The molecule has 4 heteroatoms. The first-order chi connectivity index (χ1) is 7.16. The number of amides is 1. The Morgan fingerprint density at radius 3 is 2.60 bits per heavy atom. The molecule has 0 bridgehead atoms. The van der Waals surface area contributed by atoms with Crippen molar-refractivity contribution in [2.75, 3.05) is 13.1 Å². The van der Waals surface area contributed by atoms with Crippen LogP contribution in [-0.4, -0.2) is 28.9 Å². The zero-order valence-corrected chi connectivity index (χ0v) is 9.25. The molecule has 0 aliphatic carbocycles. The Labute approximate surface area is 89.3 Å². The number of aryl methyl sites for hydroxylation is 2. The van der Waals surface area contributed by atoms with E-state index in [-0.39, 0.29) is 5.91 Å². The van der Waals surface area contributed by atoms with Gasteiger partial charge in [-0.3, -0.25) is 4.79 Å². The molecule has 1 aromatic heterocycles. The largest absolute Gasteiger partial charge is 0.445 e. The van der Waals surface area contributed by atoms with Crippen LogP contribution < -0.4 is 0 Å². The number of nitrogens with zero attached hydrogens (tertiary/aromatic N) is 2. The SMILES string of the molecule is Cc1nc(C)c(CC(=O)N2CCCC2)o1. The monoisotopic (exact) mass is 208 g/mol. The van der Waals surface area contributed by atoms with Crippen molar-refractivity contribution in [3.63, 3.8) is 0 Å². The van der Waals surface area contributed by atoms with Gasteiger partial charge in [-0.25, -0.2) is 4.98 Å². The summed E-state index contributed by atoms with van der Waals surface area (Å²) in [7, 11) is 0. The van der Waals surface area contributed by atoms with Crippen molar-refractivity contribution in [1.82, 2.24) is 9.88 Å². The first kappa shape index (κ1) is 10.2. The van der Waals surface area contributed by atoms with Crippen molar-refractivity contribution in [1.29, 1.82) is 0 Å². The van der Waals surface area contributed by atoms with Gasteiger partial charge in [0.25, 0.3) is 0 Å². The van der Waals surface area contributed by atoms with Gasteiger partial charge in [0.1, 0.15) is 5.76 Å². The molecule has 2 heterocycles. The van der Waals surface area contributed by atoms with Gasteiger partial charge in [0, 0.05) is 20.0 Å². The second kappa shape index (κ2) is 4.04. The molecule has 1 fully saturated rings. The highest BCUT2D eigenvalue weighted by molar-refractivity contribution is 5.78. The molecule has 0 radical (unpaired) electrons. The van der Waals surface area contributed by atoms with Crippen molar-refractivity contribution in [2.24, 2.45) is 0 Å². The van der Waals surface area contributed by atoms with Crippen molar-refractivity contribution in [3.8, 4) is 0 Å². The van der Waals surface area contributed by atoms with E-state index in [9.17, 15) is 4.79 Å². The highest BCUT2D eigenvalue weighted by atomic mass is 16.4. The summed E-state index contributed by atoms with van der Waals surface area (Å²) in [5, 5.41) is 0. The molecule has 15 heavy (non-hydrogen) atoms. The van der Waals surface area contributed by atoms with Crippen LogP contribution in [0.3, 0.4) is 0 Å². The summed E-state index contributed by atoms with van der Waals surface area (Å²) in [6, 6.07) is 0. The number of hydrogen-bond donors (Lipinski definition) is 0. The summed E-state index contributed by atoms with van der Waals surface area (Å²) in [5.41, 5.74) is 0.833. The fourth-order valence-electron chi connectivity index (χ4n) is 1.95. The minimum Gasteiger partial charge on any atom is -0.445 e. The zero-order chi connectivity index (χ0) is 10.8. The number of likely N-dealkylation sites (tertiary alicyclic amines) is 1. The molecule has 0 unspecified atom stereocenters. The summed E-state index contributed by atoms with van der Waals surface area (Å²) in [4.78, 5) is 17.9. The zero-order valence-electron chi connectivity index (χ0n) is 9.25.